The van der Waals surface area contributed by atoms with E-state index in [2.05, 4.69) is 15.4 Å². The number of halogens is 3. The molecule has 3 aromatic carbocycles. The molecule has 2 amide bonds. The summed E-state index contributed by atoms with van der Waals surface area (Å²) in [5.74, 6) is 0.176. The molecule has 4 aromatic rings. The van der Waals surface area contributed by atoms with Gasteiger partial charge in [-0.25, -0.2) is 14.1 Å². The second-order valence-corrected chi connectivity index (χ2v) is 10.1. The molecule has 0 saturated carbocycles. The number of ether oxygens (including phenoxy) is 1. The molecular weight excluding hydrogens is 544 g/mol. The maximum Gasteiger partial charge on any atom is 0.247 e. The van der Waals surface area contributed by atoms with Crippen LogP contribution in [0.15, 0.2) is 79.4 Å². The Morgan fingerprint density at radius 2 is 1.74 bits per heavy atom. The number of carbonyl (C=O) groups excluding carboxylic acids is 2. The van der Waals surface area contributed by atoms with Crippen LogP contribution in [-0.4, -0.2) is 44.1 Å². The second kappa shape index (κ2) is 11.8. The molecule has 11 heteroatoms. The summed E-state index contributed by atoms with van der Waals surface area (Å²) in [5, 5.41) is 8.03. The first-order chi connectivity index (χ1) is 18.8. The Kier molecular flexibility index (Phi) is 8.09. The van der Waals surface area contributed by atoms with E-state index >= 15 is 0 Å². The summed E-state index contributed by atoms with van der Waals surface area (Å²) in [5.41, 5.74) is 1.46. The van der Waals surface area contributed by atoms with Gasteiger partial charge in [0.25, 0.3) is 0 Å². The van der Waals surface area contributed by atoms with Crippen molar-refractivity contribution in [1.82, 2.24) is 19.7 Å². The van der Waals surface area contributed by atoms with E-state index in [1.165, 1.54) is 41.6 Å². The van der Waals surface area contributed by atoms with E-state index in [1.54, 1.807) is 41.3 Å². The summed E-state index contributed by atoms with van der Waals surface area (Å²) in [4.78, 5) is 32.1. The number of nitrogens with zero attached hydrogens (tertiary/aromatic N) is 4. The molecule has 0 bridgehead atoms. The average molecular weight is 568 g/mol. The summed E-state index contributed by atoms with van der Waals surface area (Å²) < 4.78 is 20.3. The van der Waals surface area contributed by atoms with Crippen LogP contribution in [0.5, 0.6) is 11.5 Å². The van der Waals surface area contributed by atoms with E-state index in [4.69, 9.17) is 27.9 Å². The maximum absolute atomic E-state index is 13.4. The van der Waals surface area contributed by atoms with Gasteiger partial charge in [0.15, 0.2) is 0 Å². The van der Waals surface area contributed by atoms with Crippen LogP contribution in [0.2, 0.25) is 10.0 Å². The highest BCUT2D eigenvalue weighted by molar-refractivity contribution is 6.35. The Hall–Kier alpha value is -3.95. The van der Waals surface area contributed by atoms with Crippen molar-refractivity contribution >= 4 is 40.7 Å². The molecule has 5 rings (SSSR count). The molecule has 2 atom stereocenters. The van der Waals surface area contributed by atoms with Crippen LogP contribution < -0.4 is 10.1 Å². The highest BCUT2D eigenvalue weighted by Gasteiger charge is 2.39. The van der Waals surface area contributed by atoms with Gasteiger partial charge < -0.3 is 15.0 Å². The fraction of sp³-hybridized carbons (Fsp3) is 0.214. The van der Waals surface area contributed by atoms with Crippen molar-refractivity contribution in [2.24, 2.45) is 5.92 Å². The Bertz CT molecular complexity index is 1450. The number of likely N-dealkylation sites (tertiary alicyclic amines) is 1. The van der Waals surface area contributed by atoms with Gasteiger partial charge in [0.1, 0.15) is 42.6 Å². The molecule has 0 spiro atoms. The van der Waals surface area contributed by atoms with Crippen LogP contribution in [0.1, 0.15) is 12.0 Å². The van der Waals surface area contributed by atoms with Gasteiger partial charge in [0, 0.05) is 22.3 Å². The van der Waals surface area contributed by atoms with Gasteiger partial charge in [-0.3, -0.25) is 9.59 Å². The summed E-state index contributed by atoms with van der Waals surface area (Å²) >= 11 is 12.4. The number of carbonyl (C=O) groups is 2. The number of anilines is 1. The Balaban J connectivity index is 1.28. The molecule has 0 radical (unpaired) electrons. The lowest BCUT2D eigenvalue weighted by Crippen LogP contribution is -2.44. The van der Waals surface area contributed by atoms with Crippen LogP contribution in [0.25, 0.3) is 0 Å². The predicted octanol–water partition coefficient (Wildman–Crippen LogP) is 5.61. The third kappa shape index (κ3) is 6.74. The summed E-state index contributed by atoms with van der Waals surface area (Å²) in [7, 11) is 0. The minimum atomic E-state index is -0.674. The molecule has 8 nitrogen and oxygen atoms in total. The van der Waals surface area contributed by atoms with Crippen molar-refractivity contribution in [3.05, 3.63) is 101 Å². The number of amides is 2. The minimum Gasteiger partial charge on any atom is -0.457 e. The van der Waals surface area contributed by atoms with E-state index in [1.807, 2.05) is 6.07 Å². The van der Waals surface area contributed by atoms with Crippen LogP contribution in [0.3, 0.4) is 0 Å². The van der Waals surface area contributed by atoms with Gasteiger partial charge in [-0.2, -0.15) is 5.10 Å². The van der Waals surface area contributed by atoms with Gasteiger partial charge in [0.2, 0.25) is 11.8 Å². The fourth-order valence-electron chi connectivity index (χ4n) is 4.61. The van der Waals surface area contributed by atoms with Gasteiger partial charge >= 0.3 is 0 Å². The molecule has 1 fully saturated rings. The van der Waals surface area contributed by atoms with E-state index in [0.717, 1.165) is 5.56 Å². The third-order valence-corrected chi connectivity index (χ3v) is 7.06. The average Bonchev–Trinajstić information content (AvgIpc) is 3.58. The van der Waals surface area contributed by atoms with Gasteiger partial charge in [-0.05, 0) is 85.0 Å². The molecule has 39 heavy (non-hydrogen) atoms. The highest BCUT2D eigenvalue weighted by atomic mass is 35.5. The number of hydrogen-bond acceptors (Lipinski definition) is 5. The Morgan fingerprint density at radius 3 is 2.41 bits per heavy atom. The predicted molar refractivity (Wildman–Crippen MR) is 145 cm³/mol. The standard InChI is InChI=1S/C28H24Cl2FN5O3/c29-20-2-1-19(25(30)13-20)11-18-12-26(36(14-18)27(37)15-35-17-32-16-33-35)28(38)34-22-5-9-24(10-6-22)39-23-7-3-21(31)4-8-23/h1-10,13,16-18,26H,11-12,14-15H2,(H,34,38)/t18-,26+/m1/s1. The molecule has 2 heterocycles. The van der Waals surface area contributed by atoms with Crippen molar-refractivity contribution in [3.8, 4) is 11.5 Å². The van der Waals surface area contributed by atoms with Crippen molar-refractivity contribution in [1.29, 1.82) is 0 Å². The molecule has 1 saturated heterocycles. The second-order valence-electron chi connectivity index (χ2n) is 9.27. The number of rotatable bonds is 8. The largest absolute Gasteiger partial charge is 0.457 e. The van der Waals surface area contributed by atoms with E-state index < -0.39 is 6.04 Å². The van der Waals surface area contributed by atoms with Crippen molar-refractivity contribution < 1.29 is 18.7 Å². The van der Waals surface area contributed by atoms with E-state index in [9.17, 15) is 14.0 Å². The molecular formula is C28H24Cl2FN5O3. The summed E-state index contributed by atoms with van der Waals surface area (Å²) in [6.45, 7) is 0.378. The minimum absolute atomic E-state index is 0.0191. The topological polar surface area (TPSA) is 89.4 Å². The zero-order chi connectivity index (χ0) is 27.4. The SMILES string of the molecule is O=C(Nc1ccc(Oc2ccc(F)cc2)cc1)[C@@H]1C[C@@H](Cc2ccc(Cl)cc2Cl)CN1C(=O)Cn1cncn1. The lowest BCUT2D eigenvalue weighted by molar-refractivity contribution is -0.137. The van der Waals surface area contributed by atoms with Crippen LogP contribution in [-0.2, 0) is 22.6 Å². The molecule has 0 unspecified atom stereocenters. The molecule has 0 aliphatic carbocycles. The van der Waals surface area contributed by atoms with E-state index in [0.29, 0.717) is 46.6 Å². The third-order valence-electron chi connectivity index (χ3n) is 6.47. The zero-order valence-corrected chi connectivity index (χ0v) is 22.1. The number of nitrogens with one attached hydrogen (secondary N) is 1. The molecule has 1 aromatic heterocycles. The van der Waals surface area contributed by atoms with Crippen molar-refractivity contribution in [2.75, 3.05) is 11.9 Å². The molecule has 200 valence electrons. The zero-order valence-electron chi connectivity index (χ0n) is 20.6. The number of aromatic nitrogens is 3. The highest BCUT2D eigenvalue weighted by Crippen LogP contribution is 2.31. The smallest absolute Gasteiger partial charge is 0.247 e. The quantitative estimate of drug-likeness (QED) is 0.298. The summed E-state index contributed by atoms with van der Waals surface area (Å²) in [6.07, 6.45) is 3.89. The molecule has 1 aliphatic rings. The first-order valence-corrected chi connectivity index (χ1v) is 13.0. The van der Waals surface area contributed by atoms with Crippen molar-refractivity contribution in [3.63, 3.8) is 0 Å². The van der Waals surface area contributed by atoms with Crippen molar-refractivity contribution in [2.45, 2.75) is 25.4 Å². The lowest BCUT2D eigenvalue weighted by atomic mass is 9.96. The molecule has 1 N–H and O–H groups in total. The maximum atomic E-state index is 13.4. The normalized spacial score (nSPS) is 16.7. The monoisotopic (exact) mass is 567 g/mol. The summed E-state index contributed by atoms with van der Waals surface area (Å²) in [6, 6.07) is 17.2. The first kappa shape index (κ1) is 26.6. The number of benzene rings is 3. The van der Waals surface area contributed by atoms with Gasteiger partial charge in [-0.1, -0.05) is 29.3 Å². The fourth-order valence-corrected chi connectivity index (χ4v) is 5.09. The Labute approximate surface area is 234 Å². The Morgan fingerprint density at radius 1 is 1.03 bits per heavy atom. The van der Waals surface area contributed by atoms with Crippen LogP contribution in [0.4, 0.5) is 10.1 Å². The number of hydrogen-bond donors (Lipinski definition) is 1. The van der Waals surface area contributed by atoms with Crippen LogP contribution in [0, 0.1) is 11.7 Å². The van der Waals surface area contributed by atoms with E-state index in [-0.39, 0.29) is 30.1 Å². The lowest BCUT2D eigenvalue weighted by Gasteiger charge is -2.24. The van der Waals surface area contributed by atoms with Crippen LogP contribution >= 0.6 is 23.2 Å². The van der Waals surface area contributed by atoms with Gasteiger partial charge in [-0.15, -0.1) is 0 Å². The molecule has 1 aliphatic heterocycles. The van der Waals surface area contributed by atoms with Gasteiger partial charge in [0.05, 0.1) is 0 Å². The first-order valence-electron chi connectivity index (χ1n) is 12.2.